The summed E-state index contributed by atoms with van der Waals surface area (Å²) < 4.78 is 31.5. The lowest BCUT2D eigenvalue weighted by molar-refractivity contribution is 0.298. The van der Waals surface area contributed by atoms with Gasteiger partial charge in [-0.2, -0.15) is 4.57 Å². The molecule has 0 spiro atoms. The van der Waals surface area contributed by atoms with Gasteiger partial charge >= 0.3 is 7.82 Å². The fourth-order valence-electron chi connectivity index (χ4n) is 3.46. The van der Waals surface area contributed by atoms with Gasteiger partial charge in [0.2, 0.25) is 0 Å². The number of aromatic hydroxyl groups is 1. The van der Waals surface area contributed by atoms with Crippen LogP contribution in [0.3, 0.4) is 0 Å². The Kier molecular flexibility index (Phi) is 6.38. The molecule has 4 aromatic rings. The molecule has 1 N–H and O–H groups in total. The summed E-state index contributed by atoms with van der Waals surface area (Å²) in [5.41, 5.74) is 1.78. The van der Waals surface area contributed by atoms with Crippen molar-refractivity contribution in [2.45, 2.75) is 26.7 Å². The van der Waals surface area contributed by atoms with E-state index in [2.05, 4.69) is 0 Å². The highest BCUT2D eigenvalue weighted by Crippen LogP contribution is 2.52. The molecule has 0 aliphatic heterocycles. The van der Waals surface area contributed by atoms with Gasteiger partial charge in [-0.25, -0.2) is 0 Å². The van der Waals surface area contributed by atoms with E-state index >= 15 is 0 Å². The monoisotopic (exact) mass is 448 g/mol. The van der Waals surface area contributed by atoms with Gasteiger partial charge in [0, 0.05) is 10.8 Å². The van der Waals surface area contributed by atoms with E-state index in [4.69, 9.17) is 13.6 Å². The Morgan fingerprint density at radius 2 is 1.31 bits per heavy atom. The molecule has 0 aliphatic carbocycles. The molecule has 0 saturated carbocycles. The molecule has 0 aromatic heterocycles. The lowest BCUT2D eigenvalue weighted by atomic mass is 10.00. The largest absolute Gasteiger partial charge is 0.647 e. The van der Waals surface area contributed by atoms with Gasteiger partial charge in [-0.3, -0.25) is 0 Å². The maximum absolute atomic E-state index is 13.9. The molecule has 0 bridgehead atoms. The smallest absolute Gasteiger partial charge is 0.507 e. The molecule has 4 aromatic carbocycles. The first-order valence-corrected chi connectivity index (χ1v) is 12.0. The van der Waals surface area contributed by atoms with Gasteiger partial charge in [-0.15, -0.1) is 0 Å². The Morgan fingerprint density at radius 3 is 1.84 bits per heavy atom. The van der Waals surface area contributed by atoms with Crippen molar-refractivity contribution in [3.05, 3.63) is 96.1 Å². The fourth-order valence-corrected chi connectivity index (χ4v) is 4.77. The Balaban J connectivity index is 1.82. The minimum Gasteiger partial charge on any atom is -0.507 e. The molecule has 0 amide bonds. The minimum atomic E-state index is -4.15. The predicted octanol–water partition coefficient (Wildman–Crippen LogP) is 7.32. The zero-order chi connectivity index (χ0) is 22.6. The van der Waals surface area contributed by atoms with Crippen molar-refractivity contribution in [1.82, 2.24) is 0 Å². The van der Waals surface area contributed by atoms with Crippen molar-refractivity contribution in [3.63, 3.8) is 0 Å². The van der Waals surface area contributed by atoms with Crippen molar-refractivity contribution in [2.75, 3.05) is 0 Å². The van der Waals surface area contributed by atoms with Gasteiger partial charge in [0.25, 0.3) is 0 Å². The van der Waals surface area contributed by atoms with Crippen LogP contribution in [-0.2, 0) is 17.4 Å². The lowest BCUT2D eigenvalue weighted by Gasteiger charge is -2.22. The standard InChI is InChI=1S/C26H25O5P/c1-3-19-15-16-23-24(17-19)25(27)18-20(4-2)26(23)31-32(28,29-21-11-7-5-8-12-21)30-22-13-9-6-10-14-22/h5-18,27H,3-4H2,1-2H3. The van der Waals surface area contributed by atoms with Gasteiger partial charge in [0.05, 0.1) is 0 Å². The summed E-state index contributed by atoms with van der Waals surface area (Å²) in [6.07, 6.45) is 1.39. The number of benzene rings is 4. The van der Waals surface area contributed by atoms with Crippen LogP contribution in [0.4, 0.5) is 0 Å². The Hall–Kier alpha value is -3.43. The third kappa shape index (κ3) is 4.74. The van der Waals surface area contributed by atoms with Crippen LogP contribution in [0.5, 0.6) is 23.0 Å². The van der Waals surface area contributed by atoms with E-state index in [1.54, 1.807) is 54.6 Å². The van der Waals surface area contributed by atoms with Crippen molar-refractivity contribution in [1.29, 1.82) is 0 Å². The number of phenolic OH excluding ortho intramolecular Hbond substituents is 1. The summed E-state index contributed by atoms with van der Waals surface area (Å²) in [7, 11) is -4.15. The molecule has 0 atom stereocenters. The number of phosphoric acid groups is 1. The van der Waals surface area contributed by atoms with Crippen LogP contribution in [0.2, 0.25) is 0 Å². The zero-order valence-corrected chi connectivity index (χ0v) is 18.9. The fraction of sp³-hybridized carbons (Fsp3) is 0.154. The summed E-state index contributed by atoms with van der Waals surface area (Å²) in [4.78, 5) is 0. The van der Waals surface area contributed by atoms with Crippen LogP contribution >= 0.6 is 7.82 Å². The van der Waals surface area contributed by atoms with Crippen LogP contribution in [0.1, 0.15) is 25.0 Å². The van der Waals surface area contributed by atoms with Gasteiger partial charge < -0.3 is 18.7 Å². The maximum atomic E-state index is 13.9. The number of aryl methyl sites for hydroxylation is 2. The van der Waals surface area contributed by atoms with E-state index in [0.717, 1.165) is 12.0 Å². The maximum Gasteiger partial charge on any atom is 0.647 e. The van der Waals surface area contributed by atoms with Crippen molar-refractivity contribution >= 4 is 18.6 Å². The Morgan fingerprint density at radius 1 is 0.719 bits per heavy atom. The highest BCUT2D eigenvalue weighted by molar-refractivity contribution is 7.49. The third-order valence-electron chi connectivity index (χ3n) is 5.12. The van der Waals surface area contributed by atoms with Gasteiger partial charge in [0.1, 0.15) is 23.0 Å². The van der Waals surface area contributed by atoms with Gasteiger partial charge in [0.15, 0.2) is 0 Å². The second-order valence-corrected chi connectivity index (χ2v) is 8.76. The molecule has 0 radical (unpaired) electrons. The highest BCUT2D eigenvalue weighted by Gasteiger charge is 2.35. The first-order valence-electron chi connectivity index (χ1n) is 10.6. The van der Waals surface area contributed by atoms with Crippen molar-refractivity contribution < 1.29 is 23.2 Å². The summed E-state index contributed by atoms with van der Waals surface area (Å²) in [5, 5.41) is 11.9. The number of fused-ring (bicyclic) bond motifs is 1. The van der Waals surface area contributed by atoms with Crippen molar-refractivity contribution in [3.8, 4) is 23.0 Å². The molecule has 5 nitrogen and oxygen atoms in total. The normalized spacial score (nSPS) is 11.3. The molecule has 0 aliphatic rings. The molecule has 32 heavy (non-hydrogen) atoms. The number of phosphoric ester groups is 1. The second-order valence-electron chi connectivity index (χ2n) is 7.32. The summed E-state index contributed by atoms with van der Waals surface area (Å²) in [5.74, 6) is 1.25. The summed E-state index contributed by atoms with van der Waals surface area (Å²) >= 11 is 0. The molecule has 0 unspecified atom stereocenters. The minimum absolute atomic E-state index is 0.155. The third-order valence-corrected chi connectivity index (χ3v) is 6.40. The predicted molar refractivity (Wildman–Crippen MR) is 127 cm³/mol. The van der Waals surface area contributed by atoms with Crippen LogP contribution in [-0.4, -0.2) is 5.11 Å². The SMILES string of the molecule is CCc1ccc2c(OP(=O)(Oc3ccccc3)Oc3ccccc3)c(CC)cc(O)c2c1. The van der Waals surface area contributed by atoms with E-state index in [1.807, 2.05) is 44.2 Å². The average molecular weight is 448 g/mol. The lowest BCUT2D eigenvalue weighted by Crippen LogP contribution is -2.09. The second kappa shape index (κ2) is 9.37. The molecule has 6 heteroatoms. The Labute approximate surface area is 187 Å². The molecular weight excluding hydrogens is 423 g/mol. The van der Waals surface area contributed by atoms with Gasteiger partial charge in [-0.05, 0) is 60.4 Å². The van der Waals surface area contributed by atoms with Crippen LogP contribution < -0.4 is 13.6 Å². The van der Waals surface area contributed by atoms with Crippen LogP contribution in [0.25, 0.3) is 10.8 Å². The zero-order valence-electron chi connectivity index (χ0n) is 18.0. The van der Waals surface area contributed by atoms with Crippen molar-refractivity contribution in [2.24, 2.45) is 0 Å². The van der Waals surface area contributed by atoms with Crippen LogP contribution in [0, 0.1) is 0 Å². The quantitative estimate of drug-likeness (QED) is 0.286. The molecule has 0 heterocycles. The van der Waals surface area contributed by atoms with E-state index < -0.39 is 7.82 Å². The molecule has 0 saturated heterocycles. The van der Waals surface area contributed by atoms with E-state index in [-0.39, 0.29) is 5.75 Å². The molecular formula is C26H25O5P. The number of phenols is 1. The average Bonchev–Trinajstić information content (AvgIpc) is 2.81. The number of rotatable bonds is 8. The van der Waals surface area contributed by atoms with Crippen LogP contribution in [0.15, 0.2) is 84.9 Å². The topological polar surface area (TPSA) is 65.0 Å². The molecule has 0 fully saturated rings. The summed E-state index contributed by atoms with van der Waals surface area (Å²) in [6.45, 7) is 3.99. The molecule has 4 rings (SSSR count). The number of hydrogen-bond donors (Lipinski definition) is 1. The highest BCUT2D eigenvalue weighted by atomic mass is 31.2. The first-order chi connectivity index (χ1) is 15.5. The number of hydrogen-bond acceptors (Lipinski definition) is 5. The molecule has 164 valence electrons. The number of para-hydroxylation sites is 2. The summed E-state index contributed by atoms with van der Waals surface area (Å²) in [6, 6.07) is 24.9. The van der Waals surface area contributed by atoms with E-state index in [9.17, 15) is 9.67 Å². The first kappa shape index (κ1) is 21.8. The van der Waals surface area contributed by atoms with E-state index in [0.29, 0.717) is 40.0 Å². The van der Waals surface area contributed by atoms with Gasteiger partial charge in [-0.1, -0.05) is 62.4 Å². The Bertz CT molecular complexity index is 1210. The van der Waals surface area contributed by atoms with E-state index in [1.165, 1.54) is 0 Å².